The predicted molar refractivity (Wildman–Crippen MR) is 50.9 cm³/mol. The topological polar surface area (TPSA) is 78.7 Å². The number of nitrogens with zero attached hydrogens (tertiary/aromatic N) is 1. The smallest absolute Gasteiger partial charge is 0.348 e. The average molecular weight is 265 g/mol. The van der Waals surface area contributed by atoms with E-state index in [-0.39, 0.29) is 0 Å². The maximum Gasteiger partial charge on any atom is 0.348 e. The van der Waals surface area contributed by atoms with Crippen molar-refractivity contribution in [2.45, 2.75) is 0 Å². The van der Waals surface area contributed by atoms with Crippen LogP contribution in [0.3, 0.4) is 0 Å². The van der Waals surface area contributed by atoms with E-state index in [2.05, 4.69) is 9.47 Å². The van der Waals surface area contributed by atoms with E-state index >= 15 is 0 Å². The summed E-state index contributed by atoms with van der Waals surface area (Å²) >= 11 is 0. The molecule has 9 heteroatoms. The monoisotopic (exact) mass is 265 g/mol. The standard InChI is InChI=1S/C9H6F3NO5/c1-17-8-4(10)3(9(14)18-2)7(13(15)16)5(11)6(8)12/h1-2H3. The molecule has 0 N–H and O–H groups in total. The van der Waals surface area contributed by atoms with Crippen molar-refractivity contribution < 1.29 is 32.4 Å². The van der Waals surface area contributed by atoms with Gasteiger partial charge in [-0.3, -0.25) is 10.1 Å². The molecule has 0 heterocycles. The summed E-state index contributed by atoms with van der Waals surface area (Å²) in [7, 11) is 1.62. The maximum absolute atomic E-state index is 13.6. The van der Waals surface area contributed by atoms with Gasteiger partial charge in [0.15, 0.2) is 17.1 Å². The molecule has 0 spiro atoms. The Bertz CT molecular complexity index is 532. The summed E-state index contributed by atoms with van der Waals surface area (Å²) in [6.07, 6.45) is 0. The van der Waals surface area contributed by atoms with Crippen LogP contribution in [0.5, 0.6) is 5.75 Å². The zero-order chi connectivity index (χ0) is 14.0. The van der Waals surface area contributed by atoms with Gasteiger partial charge >= 0.3 is 11.7 Å². The van der Waals surface area contributed by atoms with Gasteiger partial charge in [-0.05, 0) is 0 Å². The van der Waals surface area contributed by atoms with Crippen molar-refractivity contribution >= 4 is 11.7 Å². The molecule has 98 valence electrons. The molecular weight excluding hydrogens is 259 g/mol. The first kappa shape index (κ1) is 13.7. The Morgan fingerprint density at radius 2 is 1.72 bits per heavy atom. The van der Waals surface area contributed by atoms with Crippen LogP contribution < -0.4 is 4.74 Å². The minimum Gasteiger partial charge on any atom is -0.491 e. The lowest BCUT2D eigenvalue weighted by Gasteiger charge is -2.09. The number of nitro benzene ring substituents is 1. The van der Waals surface area contributed by atoms with E-state index in [1.54, 1.807) is 0 Å². The first-order chi connectivity index (χ1) is 8.36. The molecular formula is C9H6F3NO5. The zero-order valence-corrected chi connectivity index (χ0v) is 9.12. The molecule has 0 saturated carbocycles. The number of carbonyl (C=O) groups is 1. The van der Waals surface area contributed by atoms with E-state index in [1.165, 1.54) is 0 Å². The quantitative estimate of drug-likeness (QED) is 0.360. The van der Waals surface area contributed by atoms with Crippen LogP contribution in [0.2, 0.25) is 0 Å². The van der Waals surface area contributed by atoms with Crippen molar-refractivity contribution in [3.8, 4) is 5.75 Å². The number of methoxy groups -OCH3 is 2. The summed E-state index contributed by atoms with van der Waals surface area (Å²) in [5.74, 6) is -8.35. The molecule has 1 rings (SSSR count). The van der Waals surface area contributed by atoms with Gasteiger partial charge in [0.1, 0.15) is 0 Å². The largest absolute Gasteiger partial charge is 0.491 e. The zero-order valence-electron chi connectivity index (χ0n) is 9.12. The normalized spacial score (nSPS) is 10.1. The van der Waals surface area contributed by atoms with Crippen molar-refractivity contribution in [2.75, 3.05) is 14.2 Å². The number of nitro groups is 1. The highest BCUT2D eigenvalue weighted by molar-refractivity contribution is 5.95. The lowest BCUT2D eigenvalue weighted by atomic mass is 10.1. The molecule has 0 atom stereocenters. The summed E-state index contributed by atoms with van der Waals surface area (Å²) in [4.78, 5) is 20.3. The number of carbonyl (C=O) groups excluding carboxylic acids is 1. The van der Waals surface area contributed by atoms with Crippen molar-refractivity contribution in [1.29, 1.82) is 0 Å². The van der Waals surface area contributed by atoms with Crippen molar-refractivity contribution in [1.82, 2.24) is 0 Å². The van der Waals surface area contributed by atoms with Gasteiger partial charge in [-0.2, -0.15) is 8.78 Å². The summed E-state index contributed by atoms with van der Waals surface area (Å²) in [6.45, 7) is 0. The Balaban J connectivity index is 3.80. The minimum absolute atomic E-state index is 0.805. The minimum atomic E-state index is -2.00. The third-order valence-electron chi connectivity index (χ3n) is 2.03. The molecule has 0 aliphatic rings. The second-order valence-electron chi connectivity index (χ2n) is 2.95. The number of hydrogen-bond donors (Lipinski definition) is 0. The maximum atomic E-state index is 13.6. The Labute approximate surface area is 98.1 Å². The number of esters is 1. The van der Waals surface area contributed by atoms with Crippen molar-refractivity contribution in [2.24, 2.45) is 0 Å². The van der Waals surface area contributed by atoms with Gasteiger partial charge in [0.2, 0.25) is 11.6 Å². The Kier molecular flexibility index (Phi) is 3.74. The second-order valence-corrected chi connectivity index (χ2v) is 2.95. The lowest BCUT2D eigenvalue weighted by molar-refractivity contribution is -0.388. The second kappa shape index (κ2) is 4.90. The molecule has 6 nitrogen and oxygen atoms in total. The molecule has 0 radical (unpaired) electrons. The highest BCUT2D eigenvalue weighted by atomic mass is 19.2. The molecule has 1 aromatic rings. The van der Waals surface area contributed by atoms with Gasteiger partial charge in [0.25, 0.3) is 0 Å². The molecule has 0 aliphatic carbocycles. The van der Waals surface area contributed by atoms with Crippen LogP contribution in [0.1, 0.15) is 10.4 Å². The van der Waals surface area contributed by atoms with Crippen LogP contribution in [0, 0.1) is 27.6 Å². The lowest BCUT2D eigenvalue weighted by Crippen LogP contribution is -2.13. The van der Waals surface area contributed by atoms with E-state index in [0.717, 1.165) is 14.2 Å². The third-order valence-corrected chi connectivity index (χ3v) is 2.03. The van der Waals surface area contributed by atoms with Gasteiger partial charge in [-0.1, -0.05) is 0 Å². The summed E-state index contributed by atoms with van der Waals surface area (Å²) in [5.41, 5.74) is -2.98. The molecule has 0 amide bonds. The van der Waals surface area contributed by atoms with Crippen LogP contribution in [0.4, 0.5) is 18.9 Å². The fraction of sp³-hybridized carbons (Fsp3) is 0.222. The van der Waals surface area contributed by atoms with E-state index in [4.69, 9.17) is 0 Å². The summed E-state index contributed by atoms with van der Waals surface area (Å²) < 4.78 is 48.5. The highest BCUT2D eigenvalue weighted by Crippen LogP contribution is 2.35. The van der Waals surface area contributed by atoms with E-state index in [1.807, 2.05) is 0 Å². The first-order valence-electron chi connectivity index (χ1n) is 4.33. The Morgan fingerprint density at radius 3 is 2.11 bits per heavy atom. The molecule has 0 aliphatic heterocycles. The molecule has 18 heavy (non-hydrogen) atoms. The van der Waals surface area contributed by atoms with Crippen LogP contribution in [0.15, 0.2) is 0 Å². The van der Waals surface area contributed by atoms with E-state index in [9.17, 15) is 28.1 Å². The van der Waals surface area contributed by atoms with E-state index < -0.39 is 45.3 Å². The van der Waals surface area contributed by atoms with Gasteiger partial charge < -0.3 is 9.47 Å². The third kappa shape index (κ3) is 1.94. The fourth-order valence-electron chi connectivity index (χ4n) is 1.27. The molecule has 0 unspecified atom stereocenters. The number of benzene rings is 1. The first-order valence-corrected chi connectivity index (χ1v) is 4.33. The van der Waals surface area contributed by atoms with Gasteiger partial charge in [0, 0.05) is 0 Å². The van der Waals surface area contributed by atoms with Crippen LogP contribution in [-0.4, -0.2) is 25.1 Å². The summed E-state index contributed by atoms with van der Waals surface area (Å²) in [6, 6.07) is 0. The van der Waals surface area contributed by atoms with Crippen LogP contribution >= 0.6 is 0 Å². The molecule has 0 fully saturated rings. The number of hydrogen-bond acceptors (Lipinski definition) is 5. The molecule has 0 aromatic heterocycles. The highest BCUT2D eigenvalue weighted by Gasteiger charge is 2.37. The van der Waals surface area contributed by atoms with Crippen LogP contribution in [-0.2, 0) is 4.74 Å². The number of rotatable bonds is 3. The SMILES string of the molecule is COC(=O)c1c(F)c(OC)c(F)c(F)c1[N+](=O)[O-]. The van der Waals surface area contributed by atoms with Gasteiger partial charge in [-0.25, -0.2) is 9.18 Å². The van der Waals surface area contributed by atoms with Gasteiger partial charge in [-0.15, -0.1) is 0 Å². The average Bonchev–Trinajstić information content (AvgIpc) is 2.32. The predicted octanol–water partition coefficient (Wildman–Crippen LogP) is 1.81. The molecule has 1 aromatic carbocycles. The fourth-order valence-corrected chi connectivity index (χ4v) is 1.27. The summed E-state index contributed by atoms with van der Waals surface area (Å²) in [5, 5.41) is 10.6. The van der Waals surface area contributed by atoms with Crippen molar-refractivity contribution in [3.05, 3.63) is 33.1 Å². The Hall–Kier alpha value is -2.32. The number of ether oxygens (including phenoxy) is 2. The van der Waals surface area contributed by atoms with Crippen molar-refractivity contribution in [3.63, 3.8) is 0 Å². The molecule has 0 saturated heterocycles. The molecule has 0 bridgehead atoms. The Morgan fingerprint density at radius 1 is 1.17 bits per heavy atom. The van der Waals surface area contributed by atoms with Crippen LogP contribution in [0.25, 0.3) is 0 Å². The number of halogens is 3. The van der Waals surface area contributed by atoms with Gasteiger partial charge in [0.05, 0.1) is 19.1 Å². The van der Waals surface area contributed by atoms with E-state index in [0.29, 0.717) is 0 Å².